The van der Waals surface area contributed by atoms with Gasteiger partial charge in [-0.15, -0.1) is 0 Å². The smallest absolute Gasteiger partial charge is 0.404 e. The Balaban J connectivity index is 1.57. The molecule has 4 rings (SSSR count). The van der Waals surface area contributed by atoms with E-state index in [0.29, 0.717) is 53.9 Å². The maximum atomic E-state index is 13.4. The normalized spacial score (nSPS) is 16.3. The fourth-order valence-corrected chi connectivity index (χ4v) is 4.91. The molecular formula is C31H34N6O8. The molecule has 14 heteroatoms. The molecule has 1 saturated carbocycles. The first-order valence-electron chi connectivity index (χ1n) is 14.0. The number of carbonyl (C=O) groups is 3. The number of oxime groups is 1. The van der Waals surface area contributed by atoms with Gasteiger partial charge in [-0.1, -0.05) is 5.16 Å². The lowest BCUT2D eigenvalue weighted by Gasteiger charge is -2.29. The molecule has 0 saturated heterocycles. The number of ether oxygens (including phenoxy) is 2. The topological polar surface area (TPSA) is 220 Å². The summed E-state index contributed by atoms with van der Waals surface area (Å²) in [5.41, 5.74) is 7.26. The predicted molar refractivity (Wildman–Crippen MR) is 163 cm³/mol. The van der Waals surface area contributed by atoms with Crippen molar-refractivity contribution in [2.24, 2.45) is 10.9 Å². The first kappa shape index (κ1) is 32.3. The first-order valence-corrected chi connectivity index (χ1v) is 14.0. The van der Waals surface area contributed by atoms with Gasteiger partial charge in [0.1, 0.15) is 23.0 Å². The van der Waals surface area contributed by atoms with E-state index in [-0.39, 0.29) is 51.8 Å². The minimum Gasteiger partial charge on any atom is -0.465 e. The summed E-state index contributed by atoms with van der Waals surface area (Å²) in [6.07, 6.45) is 1.35. The van der Waals surface area contributed by atoms with Gasteiger partial charge in [0.2, 0.25) is 5.91 Å². The van der Waals surface area contributed by atoms with Crippen LogP contribution in [0.4, 0.5) is 4.79 Å². The fourth-order valence-electron chi connectivity index (χ4n) is 4.91. The second-order valence-corrected chi connectivity index (χ2v) is 10.5. The highest BCUT2D eigenvalue weighted by Gasteiger charge is 2.24. The van der Waals surface area contributed by atoms with E-state index in [2.05, 4.69) is 15.8 Å². The quantitative estimate of drug-likeness (QED) is 0.0587. The summed E-state index contributed by atoms with van der Waals surface area (Å²) in [7, 11) is 0. The number of rotatable bonds is 9. The third-order valence-electron chi connectivity index (χ3n) is 7.22. The number of hydroxylamine groups is 2. The van der Waals surface area contributed by atoms with Gasteiger partial charge in [0.05, 0.1) is 0 Å². The van der Waals surface area contributed by atoms with E-state index in [0.717, 1.165) is 6.92 Å². The van der Waals surface area contributed by atoms with Crippen LogP contribution < -0.4 is 25.8 Å². The predicted octanol–water partition coefficient (Wildman–Crippen LogP) is 4.55. The number of nitrogens with two attached hydrogens (primary N) is 1. The molecule has 0 heterocycles. The highest BCUT2D eigenvalue weighted by molar-refractivity contribution is 6.05. The molecule has 1 aliphatic rings. The van der Waals surface area contributed by atoms with Gasteiger partial charge in [-0.3, -0.25) is 20.2 Å². The molecule has 3 aromatic rings. The van der Waals surface area contributed by atoms with Gasteiger partial charge < -0.3 is 36.2 Å². The minimum absolute atomic E-state index is 0.0619. The Kier molecular flexibility index (Phi) is 10.2. The van der Waals surface area contributed by atoms with Crippen LogP contribution in [-0.4, -0.2) is 62.2 Å². The van der Waals surface area contributed by atoms with E-state index in [4.69, 9.17) is 30.9 Å². The Morgan fingerprint density at radius 3 is 1.96 bits per heavy atom. The number of nitrogens with one attached hydrogen (secondary N) is 3. The highest BCUT2D eigenvalue weighted by Crippen LogP contribution is 2.32. The number of amides is 3. The van der Waals surface area contributed by atoms with Crippen LogP contribution in [0.1, 0.15) is 59.7 Å². The second kappa shape index (κ2) is 14.2. The highest BCUT2D eigenvalue weighted by atomic mass is 16.5. The molecule has 14 nitrogen and oxygen atoms in total. The van der Waals surface area contributed by atoms with E-state index < -0.39 is 12.0 Å². The van der Waals surface area contributed by atoms with E-state index in [9.17, 15) is 19.6 Å². The van der Waals surface area contributed by atoms with Crippen molar-refractivity contribution in [1.29, 1.82) is 5.41 Å². The molecule has 1 fully saturated rings. The van der Waals surface area contributed by atoms with Gasteiger partial charge in [-0.05, 0) is 92.8 Å². The molecule has 8 N–H and O–H groups in total. The van der Waals surface area contributed by atoms with Crippen LogP contribution in [-0.2, 0) is 4.79 Å². The van der Waals surface area contributed by atoms with Gasteiger partial charge in [0.25, 0.3) is 5.91 Å². The molecule has 0 aromatic heterocycles. The third-order valence-corrected chi connectivity index (χ3v) is 7.22. The van der Waals surface area contributed by atoms with Crippen LogP contribution in [0.15, 0.2) is 65.8 Å². The maximum absolute atomic E-state index is 13.4. The summed E-state index contributed by atoms with van der Waals surface area (Å²) < 4.78 is 12.1. The SMILES string of the molecule is CC(=O)N(O)C(=N)c1ccc(Oc2cc(Oc3ccc(C(N)=NO)cc3)cc(C(=O)NC3CCC(NC(=O)O)CC3)c2)cc1C. The van der Waals surface area contributed by atoms with Crippen molar-refractivity contribution < 1.29 is 39.4 Å². The zero-order valence-corrected chi connectivity index (χ0v) is 24.6. The zero-order chi connectivity index (χ0) is 32.7. The van der Waals surface area contributed by atoms with Crippen molar-refractivity contribution in [3.8, 4) is 23.0 Å². The van der Waals surface area contributed by atoms with Crippen LogP contribution in [0, 0.1) is 12.3 Å². The number of amidine groups is 2. The monoisotopic (exact) mass is 618 g/mol. The minimum atomic E-state index is -1.07. The number of hydrogen-bond donors (Lipinski definition) is 7. The van der Waals surface area contributed by atoms with Gasteiger partial charge in [-0.25, -0.2) is 4.79 Å². The van der Waals surface area contributed by atoms with Crippen molar-refractivity contribution in [3.05, 3.63) is 82.9 Å². The van der Waals surface area contributed by atoms with Gasteiger partial charge in [0, 0.05) is 41.8 Å². The van der Waals surface area contributed by atoms with Crippen LogP contribution >= 0.6 is 0 Å². The average molecular weight is 619 g/mol. The van der Waals surface area contributed by atoms with Crippen molar-refractivity contribution in [3.63, 3.8) is 0 Å². The van der Waals surface area contributed by atoms with E-state index in [1.165, 1.54) is 6.07 Å². The van der Waals surface area contributed by atoms with Crippen LogP contribution in [0.5, 0.6) is 23.0 Å². The average Bonchev–Trinajstić information content (AvgIpc) is 3.01. The molecule has 0 bridgehead atoms. The molecule has 45 heavy (non-hydrogen) atoms. The van der Waals surface area contributed by atoms with Crippen molar-refractivity contribution in [2.75, 3.05) is 0 Å². The Hall–Kier alpha value is -5.63. The van der Waals surface area contributed by atoms with Crippen LogP contribution in [0.3, 0.4) is 0 Å². The lowest BCUT2D eigenvalue weighted by Crippen LogP contribution is -2.43. The van der Waals surface area contributed by atoms with Crippen molar-refractivity contribution in [1.82, 2.24) is 15.7 Å². The Bertz CT molecular complexity index is 1620. The summed E-state index contributed by atoms with van der Waals surface area (Å²) in [4.78, 5) is 35.8. The molecule has 236 valence electrons. The summed E-state index contributed by atoms with van der Waals surface area (Å²) in [5.74, 6) is -0.172. The largest absolute Gasteiger partial charge is 0.465 e. The summed E-state index contributed by atoms with van der Waals surface area (Å²) in [5, 5.41) is 44.6. The molecule has 0 unspecified atom stereocenters. The lowest BCUT2D eigenvalue weighted by molar-refractivity contribution is -0.146. The Labute approximate surface area is 258 Å². The van der Waals surface area contributed by atoms with Gasteiger partial charge in [-0.2, -0.15) is 5.06 Å². The van der Waals surface area contributed by atoms with Crippen molar-refractivity contribution >= 4 is 29.6 Å². The molecule has 0 aliphatic heterocycles. The van der Waals surface area contributed by atoms with Gasteiger partial charge in [0.15, 0.2) is 11.7 Å². The number of aryl methyl sites for hydroxylation is 1. The van der Waals surface area contributed by atoms with E-state index in [1.54, 1.807) is 61.5 Å². The fraction of sp³-hybridized carbons (Fsp3) is 0.258. The Morgan fingerprint density at radius 1 is 0.867 bits per heavy atom. The summed E-state index contributed by atoms with van der Waals surface area (Å²) in [6, 6.07) is 15.6. The molecule has 3 amide bonds. The maximum Gasteiger partial charge on any atom is 0.404 e. The van der Waals surface area contributed by atoms with E-state index in [1.807, 2.05) is 0 Å². The molecule has 0 atom stereocenters. The van der Waals surface area contributed by atoms with E-state index >= 15 is 0 Å². The second-order valence-electron chi connectivity index (χ2n) is 10.5. The van der Waals surface area contributed by atoms with Crippen molar-refractivity contribution in [2.45, 2.75) is 51.6 Å². The number of benzene rings is 3. The molecule has 1 aliphatic carbocycles. The van der Waals surface area contributed by atoms with Crippen LogP contribution in [0.2, 0.25) is 0 Å². The molecular weight excluding hydrogens is 584 g/mol. The lowest BCUT2D eigenvalue weighted by atomic mass is 9.91. The summed E-state index contributed by atoms with van der Waals surface area (Å²) in [6.45, 7) is 2.83. The third kappa shape index (κ3) is 8.48. The molecule has 0 spiro atoms. The number of hydrogen-bond acceptors (Lipinski definition) is 9. The Morgan fingerprint density at radius 2 is 1.42 bits per heavy atom. The van der Waals surface area contributed by atoms with Gasteiger partial charge >= 0.3 is 6.09 Å². The first-order chi connectivity index (χ1) is 21.4. The number of nitrogens with zero attached hydrogens (tertiary/aromatic N) is 2. The molecule has 0 radical (unpaired) electrons. The standard InChI is InChI=1S/C31H34N6O8/c1-17-13-24(11-12-27(17)29(33)37(43)18(2)38)45-26-15-20(30(39)34-21-5-7-22(8-6-21)35-31(40)41)14-25(16-26)44-23-9-3-19(4-10-23)28(32)36-42/h3-4,9-16,21-22,33,35,42-43H,5-8H2,1-2H3,(H2,32,36)(H,34,39)(H,40,41). The zero-order valence-electron chi connectivity index (χ0n) is 24.6. The van der Waals surface area contributed by atoms with Crippen LogP contribution in [0.25, 0.3) is 0 Å². The number of carbonyl (C=O) groups excluding carboxylic acids is 2. The summed E-state index contributed by atoms with van der Waals surface area (Å²) >= 11 is 0. The number of carboxylic acid groups (broad SMARTS) is 1. The molecule has 3 aromatic carbocycles.